The minimum Gasteiger partial charge on any atom is -0.494 e. The molecule has 0 spiro atoms. The van der Waals surface area contributed by atoms with E-state index in [2.05, 4.69) is 4.98 Å². The number of benzene rings is 2. The van der Waals surface area contributed by atoms with E-state index in [1.807, 2.05) is 6.92 Å². The second-order valence-electron chi connectivity index (χ2n) is 8.77. The third kappa shape index (κ3) is 4.78. The Balaban J connectivity index is 1.78. The molecule has 9 heteroatoms. The van der Waals surface area contributed by atoms with Gasteiger partial charge in [-0.2, -0.15) is 4.98 Å². The van der Waals surface area contributed by atoms with Gasteiger partial charge in [-0.3, -0.25) is 14.2 Å². The van der Waals surface area contributed by atoms with Crippen molar-refractivity contribution in [3.05, 3.63) is 75.6 Å². The van der Waals surface area contributed by atoms with E-state index in [0.717, 1.165) is 18.4 Å². The summed E-state index contributed by atoms with van der Waals surface area (Å²) in [5.41, 5.74) is 0.0975. The highest BCUT2D eigenvalue weighted by atomic mass is 19.1. The van der Waals surface area contributed by atoms with Gasteiger partial charge in [-0.25, -0.2) is 4.39 Å². The SMILES string of the molecule is CCCCc1nc(=O)c(C(=O)N2CCC(c3ccc(F)cc3)C2)c(O)n1-c1c(OC)cccc1OC. The lowest BCUT2D eigenvalue weighted by Gasteiger charge is -2.22. The molecule has 0 radical (unpaired) electrons. The Kier molecular flexibility index (Phi) is 7.57. The molecule has 1 saturated heterocycles. The zero-order valence-corrected chi connectivity index (χ0v) is 20.7. The largest absolute Gasteiger partial charge is 0.494 e. The van der Waals surface area contributed by atoms with Gasteiger partial charge in [0.15, 0.2) is 5.56 Å². The number of hydrogen-bond donors (Lipinski definition) is 1. The van der Waals surface area contributed by atoms with Crippen LogP contribution in [-0.2, 0) is 6.42 Å². The maximum absolute atomic E-state index is 13.5. The summed E-state index contributed by atoms with van der Waals surface area (Å²) >= 11 is 0. The van der Waals surface area contributed by atoms with Gasteiger partial charge >= 0.3 is 0 Å². The second-order valence-corrected chi connectivity index (χ2v) is 8.77. The number of methoxy groups -OCH3 is 2. The van der Waals surface area contributed by atoms with E-state index in [-0.39, 0.29) is 11.7 Å². The van der Waals surface area contributed by atoms with Crippen LogP contribution in [0.2, 0.25) is 0 Å². The number of hydrogen-bond acceptors (Lipinski definition) is 6. The molecule has 2 heterocycles. The number of aromatic hydroxyl groups is 1. The summed E-state index contributed by atoms with van der Waals surface area (Å²) in [4.78, 5) is 32.3. The average molecular weight is 496 g/mol. The van der Waals surface area contributed by atoms with Crippen molar-refractivity contribution in [1.82, 2.24) is 14.5 Å². The number of nitrogens with zero attached hydrogens (tertiary/aromatic N) is 3. The second kappa shape index (κ2) is 10.8. The molecule has 8 nitrogen and oxygen atoms in total. The van der Waals surface area contributed by atoms with Crippen LogP contribution in [0.5, 0.6) is 17.4 Å². The quantitative estimate of drug-likeness (QED) is 0.507. The first kappa shape index (κ1) is 25.2. The molecular formula is C27H30FN3O5. The fraction of sp³-hybridized carbons (Fsp3) is 0.370. The average Bonchev–Trinajstić information content (AvgIpc) is 3.38. The monoisotopic (exact) mass is 495 g/mol. The molecule has 0 saturated carbocycles. The molecule has 1 fully saturated rings. The highest BCUT2D eigenvalue weighted by Crippen LogP contribution is 2.37. The maximum atomic E-state index is 13.5. The number of rotatable bonds is 8. The van der Waals surface area contributed by atoms with Crippen molar-refractivity contribution >= 4 is 5.91 Å². The zero-order valence-electron chi connectivity index (χ0n) is 20.7. The molecule has 0 bridgehead atoms. The molecule has 3 aromatic rings. The summed E-state index contributed by atoms with van der Waals surface area (Å²) in [5.74, 6) is -0.323. The molecule has 1 amide bonds. The number of aryl methyl sites for hydroxylation is 1. The fourth-order valence-corrected chi connectivity index (χ4v) is 4.64. The first-order chi connectivity index (χ1) is 17.4. The molecule has 36 heavy (non-hydrogen) atoms. The molecule has 190 valence electrons. The van der Waals surface area contributed by atoms with Crippen LogP contribution in [0.4, 0.5) is 4.39 Å². The summed E-state index contributed by atoms with van der Waals surface area (Å²) < 4.78 is 25.8. The van der Waals surface area contributed by atoms with E-state index in [9.17, 15) is 19.1 Å². The topological polar surface area (TPSA) is 93.9 Å². The lowest BCUT2D eigenvalue weighted by atomic mass is 9.99. The van der Waals surface area contributed by atoms with Crippen LogP contribution < -0.4 is 15.0 Å². The first-order valence-electron chi connectivity index (χ1n) is 12.0. The third-order valence-corrected chi connectivity index (χ3v) is 6.55. The van der Waals surface area contributed by atoms with Crippen LogP contribution in [-0.4, -0.2) is 52.8 Å². The lowest BCUT2D eigenvalue weighted by molar-refractivity contribution is 0.0784. The number of ether oxygens (including phenoxy) is 2. The molecule has 1 aliphatic heterocycles. The number of carbonyl (C=O) groups is 1. The van der Waals surface area contributed by atoms with Crippen LogP contribution >= 0.6 is 0 Å². The zero-order chi connectivity index (χ0) is 25.8. The predicted molar refractivity (Wildman–Crippen MR) is 133 cm³/mol. The Bertz CT molecular complexity index is 1280. The van der Waals surface area contributed by atoms with Gasteiger partial charge in [0.2, 0.25) is 5.88 Å². The Morgan fingerprint density at radius 2 is 1.81 bits per heavy atom. The summed E-state index contributed by atoms with van der Waals surface area (Å²) in [6, 6.07) is 11.3. The summed E-state index contributed by atoms with van der Waals surface area (Å²) in [6.45, 7) is 2.75. The van der Waals surface area contributed by atoms with Gasteiger partial charge in [0.05, 0.1) is 14.2 Å². The van der Waals surface area contributed by atoms with Crippen LogP contribution in [0.25, 0.3) is 5.69 Å². The van der Waals surface area contributed by atoms with Gasteiger partial charge < -0.3 is 19.5 Å². The highest BCUT2D eigenvalue weighted by Gasteiger charge is 2.33. The van der Waals surface area contributed by atoms with Gasteiger partial charge in [0.1, 0.15) is 28.8 Å². The molecule has 0 aliphatic carbocycles. The maximum Gasteiger partial charge on any atom is 0.289 e. The van der Waals surface area contributed by atoms with Gasteiger partial charge in [0.25, 0.3) is 11.5 Å². The fourth-order valence-electron chi connectivity index (χ4n) is 4.64. The van der Waals surface area contributed by atoms with Crippen molar-refractivity contribution in [3.63, 3.8) is 0 Å². The Morgan fingerprint density at radius 3 is 2.42 bits per heavy atom. The van der Waals surface area contributed by atoms with E-state index in [4.69, 9.17) is 9.47 Å². The molecule has 1 N–H and O–H groups in total. The van der Waals surface area contributed by atoms with Crippen molar-refractivity contribution in [2.75, 3.05) is 27.3 Å². The van der Waals surface area contributed by atoms with Crippen LogP contribution in [0.3, 0.4) is 0 Å². The third-order valence-electron chi connectivity index (χ3n) is 6.55. The molecule has 2 aromatic carbocycles. The number of carbonyl (C=O) groups excluding carboxylic acids is 1. The van der Waals surface area contributed by atoms with E-state index in [1.165, 1.54) is 35.8 Å². The van der Waals surface area contributed by atoms with E-state index < -0.39 is 22.9 Å². The van der Waals surface area contributed by atoms with E-state index in [1.54, 1.807) is 30.3 Å². The summed E-state index contributed by atoms with van der Waals surface area (Å²) in [6.07, 6.45) is 2.64. The molecule has 1 aromatic heterocycles. The summed E-state index contributed by atoms with van der Waals surface area (Å²) in [7, 11) is 2.98. The van der Waals surface area contributed by atoms with Gasteiger partial charge in [0, 0.05) is 25.4 Å². The molecule has 4 rings (SSSR count). The van der Waals surface area contributed by atoms with Gasteiger partial charge in [-0.1, -0.05) is 31.5 Å². The number of para-hydroxylation sites is 1. The van der Waals surface area contributed by atoms with E-state index in [0.29, 0.717) is 48.9 Å². The Hall–Kier alpha value is -3.88. The molecule has 1 unspecified atom stereocenters. The highest BCUT2D eigenvalue weighted by molar-refractivity contribution is 5.96. The van der Waals surface area contributed by atoms with Crippen LogP contribution in [0, 0.1) is 5.82 Å². The standard InChI is InChI=1S/C27H30FN3O5/c1-4-5-9-22-29-25(32)23(27(34)31(22)24-20(35-2)7-6-8-21(24)36-3)26(33)30-15-14-18(16-30)17-10-12-19(28)13-11-17/h6-8,10-13,18,34H,4-5,9,14-16H2,1-3H3. The van der Waals surface area contributed by atoms with Gasteiger partial charge in [-0.05, 0) is 42.7 Å². The van der Waals surface area contributed by atoms with Gasteiger partial charge in [-0.15, -0.1) is 0 Å². The van der Waals surface area contributed by atoms with E-state index >= 15 is 0 Å². The van der Waals surface area contributed by atoms with Crippen molar-refractivity contribution < 1.29 is 23.8 Å². The number of halogens is 1. The number of likely N-dealkylation sites (tertiary alicyclic amines) is 1. The number of unbranched alkanes of at least 4 members (excludes halogenated alkanes) is 1. The number of aromatic nitrogens is 2. The minimum atomic E-state index is -0.779. The van der Waals surface area contributed by atoms with Crippen molar-refractivity contribution in [3.8, 4) is 23.1 Å². The minimum absolute atomic E-state index is 0.00464. The Labute approximate surface area is 208 Å². The van der Waals surface area contributed by atoms with Crippen molar-refractivity contribution in [2.24, 2.45) is 0 Å². The van der Waals surface area contributed by atoms with Crippen LogP contribution in [0.1, 0.15) is 53.8 Å². The smallest absolute Gasteiger partial charge is 0.289 e. The van der Waals surface area contributed by atoms with Crippen LogP contribution in [0.15, 0.2) is 47.3 Å². The summed E-state index contributed by atoms with van der Waals surface area (Å²) in [5, 5.41) is 11.4. The number of amides is 1. The van der Waals surface area contributed by atoms with Crippen molar-refractivity contribution in [2.45, 2.75) is 38.5 Å². The first-order valence-corrected chi connectivity index (χ1v) is 12.0. The molecule has 1 atom stereocenters. The van der Waals surface area contributed by atoms with Crippen molar-refractivity contribution in [1.29, 1.82) is 0 Å². The Morgan fingerprint density at radius 1 is 1.14 bits per heavy atom. The molecular weight excluding hydrogens is 465 g/mol. The predicted octanol–water partition coefficient (Wildman–Crippen LogP) is 4.07. The molecule has 1 aliphatic rings. The normalized spacial score (nSPS) is 15.2. The lowest BCUT2D eigenvalue weighted by Crippen LogP contribution is -2.35.